The van der Waals surface area contributed by atoms with Crippen LogP contribution in [-0.4, -0.2) is 15.0 Å². The van der Waals surface area contributed by atoms with Crippen molar-refractivity contribution < 1.29 is 0 Å². The molecule has 2 aromatic carbocycles. The van der Waals surface area contributed by atoms with Crippen LogP contribution in [0.1, 0.15) is 24.6 Å². The second-order valence-corrected chi connectivity index (χ2v) is 6.06. The predicted molar refractivity (Wildman–Crippen MR) is 97.7 cm³/mol. The second kappa shape index (κ2) is 8.08. The largest absolute Gasteiger partial charge is 0.307 e. The zero-order valence-electron chi connectivity index (χ0n) is 13.7. The molecule has 0 aliphatic rings. The molecule has 1 heterocycles. The summed E-state index contributed by atoms with van der Waals surface area (Å²) in [5, 5.41) is 13.5. The first-order valence-corrected chi connectivity index (χ1v) is 8.59. The molecule has 0 saturated heterocycles. The summed E-state index contributed by atoms with van der Waals surface area (Å²) < 4.78 is 0. The quantitative estimate of drug-likeness (QED) is 0.697. The average Bonchev–Trinajstić information content (AvgIpc) is 3.01. The van der Waals surface area contributed by atoms with Gasteiger partial charge in [-0.05, 0) is 18.1 Å². The minimum absolute atomic E-state index is 0.652. The summed E-state index contributed by atoms with van der Waals surface area (Å²) in [4.78, 5) is 1.79. The highest BCUT2D eigenvalue weighted by atomic mass is 35.5. The summed E-state index contributed by atoms with van der Waals surface area (Å²) in [5.41, 5.74) is 4.08. The van der Waals surface area contributed by atoms with E-state index >= 15 is 0 Å². The molecule has 0 atom stereocenters. The Morgan fingerprint density at radius 1 is 0.958 bits per heavy atom. The van der Waals surface area contributed by atoms with E-state index in [0.29, 0.717) is 13.1 Å². The molecule has 0 fully saturated rings. The summed E-state index contributed by atoms with van der Waals surface area (Å²) in [6.07, 6.45) is 1.01. The van der Waals surface area contributed by atoms with Gasteiger partial charge < -0.3 is 5.32 Å². The van der Waals surface area contributed by atoms with E-state index in [2.05, 4.69) is 34.6 Å². The van der Waals surface area contributed by atoms with Gasteiger partial charge in [-0.3, -0.25) is 0 Å². The van der Waals surface area contributed by atoms with Crippen LogP contribution in [-0.2, 0) is 19.6 Å². The van der Waals surface area contributed by atoms with E-state index in [9.17, 15) is 0 Å². The highest BCUT2D eigenvalue weighted by molar-refractivity contribution is 6.31. The molecular weight excluding hydrogens is 320 g/mol. The van der Waals surface area contributed by atoms with Crippen molar-refractivity contribution in [3.8, 4) is 11.3 Å². The van der Waals surface area contributed by atoms with Crippen LogP contribution in [0, 0.1) is 0 Å². The van der Waals surface area contributed by atoms with Crippen molar-refractivity contribution in [3.05, 3.63) is 70.9 Å². The monoisotopic (exact) mass is 340 g/mol. The van der Waals surface area contributed by atoms with Gasteiger partial charge in [-0.25, -0.2) is 0 Å². The Bertz CT molecular complexity index is 783. The van der Waals surface area contributed by atoms with Crippen molar-refractivity contribution in [2.24, 2.45) is 0 Å². The van der Waals surface area contributed by atoms with Crippen LogP contribution >= 0.6 is 11.6 Å². The van der Waals surface area contributed by atoms with Gasteiger partial charge in [-0.15, -0.1) is 0 Å². The molecule has 0 radical (unpaired) electrons. The molecule has 3 rings (SSSR count). The molecule has 3 aromatic rings. The molecular formula is C19H21ClN4. The maximum absolute atomic E-state index is 6.21. The molecule has 0 spiro atoms. The number of halogens is 1. The van der Waals surface area contributed by atoms with Crippen molar-refractivity contribution in [2.45, 2.75) is 33.0 Å². The highest BCUT2D eigenvalue weighted by Gasteiger charge is 2.12. The number of benzene rings is 2. The van der Waals surface area contributed by atoms with Gasteiger partial charge in [0.25, 0.3) is 0 Å². The fraction of sp³-hybridized carbons (Fsp3) is 0.263. The topological polar surface area (TPSA) is 42.7 Å². The molecule has 0 aliphatic heterocycles. The molecule has 24 heavy (non-hydrogen) atoms. The number of hydrogen-bond donors (Lipinski definition) is 1. The first-order valence-electron chi connectivity index (χ1n) is 8.21. The molecule has 0 amide bonds. The van der Waals surface area contributed by atoms with Gasteiger partial charge in [0.2, 0.25) is 0 Å². The zero-order chi connectivity index (χ0) is 16.8. The second-order valence-electron chi connectivity index (χ2n) is 5.65. The lowest BCUT2D eigenvalue weighted by atomic mass is 10.1. The summed E-state index contributed by atoms with van der Waals surface area (Å²) in [6, 6.07) is 18.1. The summed E-state index contributed by atoms with van der Waals surface area (Å²) in [6.45, 7) is 4.30. The predicted octanol–water partition coefficient (Wildman–Crippen LogP) is 4.30. The molecule has 4 nitrogen and oxygen atoms in total. The summed E-state index contributed by atoms with van der Waals surface area (Å²) in [7, 11) is 0. The molecule has 124 valence electrons. The fourth-order valence-electron chi connectivity index (χ4n) is 2.58. The highest BCUT2D eigenvalue weighted by Crippen LogP contribution is 2.20. The summed E-state index contributed by atoms with van der Waals surface area (Å²) in [5.74, 6) is 0. The van der Waals surface area contributed by atoms with Crippen molar-refractivity contribution in [1.82, 2.24) is 20.3 Å². The Morgan fingerprint density at radius 3 is 2.46 bits per heavy atom. The van der Waals surface area contributed by atoms with E-state index in [-0.39, 0.29) is 0 Å². The standard InChI is InChI=1S/C19H21ClN4/c1-2-12-24-22-18(19(23-24)15-8-4-3-5-9-15)14-21-13-16-10-6-7-11-17(16)20/h3-11,21H,2,12-14H2,1H3. The van der Waals surface area contributed by atoms with Gasteiger partial charge in [0.05, 0.1) is 6.54 Å². The van der Waals surface area contributed by atoms with Crippen molar-refractivity contribution >= 4 is 11.6 Å². The molecule has 1 aromatic heterocycles. The van der Waals surface area contributed by atoms with Gasteiger partial charge in [0.1, 0.15) is 11.4 Å². The van der Waals surface area contributed by atoms with Gasteiger partial charge in [-0.1, -0.05) is 67.1 Å². The van der Waals surface area contributed by atoms with Crippen LogP contribution in [0.3, 0.4) is 0 Å². The first kappa shape index (κ1) is 16.7. The van der Waals surface area contributed by atoms with Crippen LogP contribution < -0.4 is 5.32 Å². The number of aryl methyl sites for hydroxylation is 1. The number of aromatic nitrogens is 3. The number of nitrogens with zero attached hydrogens (tertiary/aromatic N) is 3. The van der Waals surface area contributed by atoms with E-state index in [1.54, 1.807) is 4.80 Å². The minimum atomic E-state index is 0.652. The molecule has 0 unspecified atom stereocenters. The van der Waals surface area contributed by atoms with Crippen LogP contribution in [0.5, 0.6) is 0 Å². The van der Waals surface area contributed by atoms with E-state index in [0.717, 1.165) is 40.5 Å². The van der Waals surface area contributed by atoms with Gasteiger partial charge in [0.15, 0.2) is 0 Å². The van der Waals surface area contributed by atoms with E-state index in [1.807, 2.05) is 42.5 Å². The lowest BCUT2D eigenvalue weighted by Crippen LogP contribution is -2.14. The van der Waals surface area contributed by atoms with Crippen molar-refractivity contribution in [1.29, 1.82) is 0 Å². The fourth-order valence-corrected chi connectivity index (χ4v) is 2.78. The summed E-state index contributed by atoms with van der Waals surface area (Å²) >= 11 is 6.21. The van der Waals surface area contributed by atoms with Crippen LogP contribution in [0.15, 0.2) is 54.6 Å². The lowest BCUT2D eigenvalue weighted by molar-refractivity contribution is 0.521. The normalized spacial score (nSPS) is 10.9. The third kappa shape index (κ3) is 4.02. The Hall–Kier alpha value is -2.17. The number of nitrogens with one attached hydrogen (secondary N) is 1. The molecule has 0 saturated carbocycles. The van der Waals surface area contributed by atoms with Gasteiger partial charge in [0, 0.05) is 23.7 Å². The molecule has 1 N–H and O–H groups in total. The zero-order valence-corrected chi connectivity index (χ0v) is 14.5. The Kier molecular flexibility index (Phi) is 5.62. The third-order valence-electron chi connectivity index (χ3n) is 3.76. The lowest BCUT2D eigenvalue weighted by Gasteiger charge is -2.06. The maximum Gasteiger partial charge on any atom is 0.117 e. The Morgan fingerprint density at radius 2 is 1.71 bits per heavy atom. The van der Waals surface area contributed by atoms with E-state index in [1.165, 1.54) is 0 Å². The maximum atomic E-state index is 6.21. The van der Waals surface area contributed by atoms with Crippen LogP contribution in [0.2, 0.25) is 5.02 Å². The van der Waals surface area contributed by atoms with Gasteiger partial charge >= 0.3 is 0 Å². The minimum Gasteiger partial charge on any atom is -0.307 e. The molecule has 0 bridgehead atoms. The van der Waals surface area contributed by atoms with Crippen LogP contribution in [0.4, 0.5) is 0 Å². The SMILES string of the molecule is CCCn1nc(CNCc2ccccc2Cl)c(-c2ccccc2)n1. The first-order chi connectivity index (χ1) is 11.8. The average molecular weight is 341 g/mol. The van der Waals surface area contributed by atoms with Gasteiger partial charge in [-0.2, -0.15) is 15.0 Å². The Labute approximate surface area is 147 Å². The van der Waals surface area contributed by atoms with Crippen LogP contribution in [0.25, 0.3) is 11.3 Å². The number of rotatable bonds is 7. The number of hydrogen-bond acceptors (Lipinski definition) is 3. The smallest absolute Gasteiger partial charge is 0.117 e. The van der Waals surface area contributed by atoms with E-state index in [4.69, 9.17) is 11.6 Å². The Balaban J connectivity index is 1.75. The van der Waals surface area contributed by atoms with Crippen molar-refractivity contribution in [2.75, 3.05) is 0 Å². The van der Waals surface area contributed by atoms with Crippen molar-refractivity contribution in [3.63, 3.8) is 0 Å². The molecule has 5 heteroatoms. The van der Waals surface area contributed by atoms with E-state index < -0.39 is 0 Å². The third-order valence-corrected chi connectivity index (χ3v) is 4.13. The molecule has 0 aliphatic carbocycles.